The van der Waals surface area contributed by atoms with E-state index in [-0.39, 0.29) is 25.4 Å². The van der Waals surface area contributed by atoms with E-state index in [4.69, 9.17) is 4.74 Å². The van der Waals surface area contributed by atoms with Crippen LogP contribution in [0.25, 0.3) is 0 Å². The zero-order valence-electron chi connectivity index (χ0n) is 15.4. The number of hydrogen-bond acceptors (Lipinski definition) is 5. The lowest BCUT2D eigenvalue weighted by atomic mass is 10.2. The van der Waals surface area contributed by atoms with Gasteiger partial charge in [-0.2, -0.15) is 4.31 Å². The highest BCUT2D eigenvalue weighted by molar-refractivity contribution is 9.10. The third-order valence-electron chi connectivity index (χ3n) is 3.89. The molecular weight excluding hydrogens is 440 g/mol. The van der Waals surface area contributed by atoms with Crippen LogP contribution in [0.15, 0.2) is 28.7 Å². The quantitative estimate of drug-likeness (QED) is 0.735. The Bertz CT molecular complexity index is 804. The van der Waals surface area contributed by atoms with E-state index in [0.717, 1.165) is 8.78 Å². The van der Waals surface area contributed by atoms with Crippen LogP contribution in [0.4, 0.5) is 4.79 Å². The molecule has 0 saturated carbocycles. The Morgan fingerprint density at radius 1 is 1.22 bits per heavy atom. The molecule has 1 saturated heterocycles. The van der Waals surface area contributed by atoms with Crippen molar-refractivity contribution in [2.45, 2.75) is 38.2 Å². The maximum atomic E-state index is 12.8. The number of aliphatic carboxylic acids is 1. The van der Waals surface area contributed by atoms with Gasteiger partial charge in [0.1, 0.15) is 11.6 Å². The number of benzene rings is 1. The predicted molar refractivity (Wildman–Crippen MR) is 103 cm³/mol. The summed E-state index contributed by atoms with van der Waals surface area (Å²) in [5.74, 6) is -1.61. The fraction of sp³-hybridized carbons (Fsp3) is 0.529. The monoisotopic (exact) mass is 462 g/mol. The fourth-order valence-electron chi connectivity index (χ4n) is 2.67. The number of nitrogens with zero attached hydrogens (tertiary/aromatic N) is 2. The molecule has 8 nitrogen and oxygen atoms in total. The van der Waals surface area contributed by atoms with Crippen LogP contribution in [0.2, 0.25) is 0 Å². The third kappa shape index (κ3) is 5.91. The lowest BCUT2D eigenvalue weighted by molar-refractivity contribution is -0.143. The maximum Gasteiger partial charge on any atom is 0.410 e. The Kier molecular flexibility index (Phi) is 6.54. The van der Waals surface area contributed by atoms with E-state index in [0.29, 0.717) is 5.56 Å². The van der Waals surface area contributed by atoms with Crippen molar-refractivity contribution in [3.8, 4) is 0 Å². The Morgan fingerprint density at radius 2 is 1.81 bits per heavy atom. The SMILES string of the molecule is CC(C)(C)OC(=O)N1CCN(S(=O)(=O)Cc2ccc(Br)cc2)C(C(=O)O)C1. The van der Waals surface area contributed by atoms with Crippen molar-refractivity contribution in [2.75, 3.05) is 19.6 Å². The van der Waals surface area contributed by atoms with Gasteiger partial charge in [0, 0.05) is 17.6 Å². The molecular formula is C17H23BrN2O6S. The molecule has 0 radical (unpaired) electrons. The molecule has 1 amide bonds. The molecule has 1 fully saturated rings. The second-order valence-corrected chi connectivity index (χ2v) is 10.1. The number of hydrogen-bond donors (Lipinski definition) is 1. The minimum absolute atomic E-state index is 0.0677. The molecule has 0 spiro atoms. The Labute approximate surface area is 167 Å². The van der Waals surface area contributed by atoms with Crippen molar-refractivity contribution in [3.63, 3.8) is 0 Å². The molecule has 1 aliphatic rings. The van der Waals surface area contributed by atoms with Gasteiger partial charge in [-0.1, -0.05) is 28.1 Å². The van der Waals surface area contributed by atoms with Crippen LogP contribution >= 0.6 is 15.9 Å². The van der Waals surface area contributed by atoms with Gasteiger partial charge < -0.3 is 14.7 Å². The number of rotatable bonds is 4. The average molecular weight is 463 g/mol. The first-order chi connectivity index (χ1) is 12.4. The molecule has 0 aliphatic carbocycles. The number of piperazine rings is 1. The lowest BCUT2D eigenvalue weighted by Crippen LogP contribution is -2.59. The van der Waals surface area contributed by atoms with E-state index < -0.39 is 33.7 Å². The number of carbonyl (C=O) groups excluding carboxylic acids is 1. The fourth-order valence-corrected chi connectivity index (χ4v) is 4.62. The minimum atomic E-state index is -3.87. The van der Waals surface area contributed by atoms with Crippen molar-refractivity contribution in [2.24, 2.45) is 0 Å². The summed E-state index contributed by atoms with van der Waals surface area (Å²) >= 11 is 3.28. The molecule has 1 atom stereocenters. The number of amides is 1. The first-order valence-corrected chi connectivity index (χ1v) is 10.7. The highest BCUT2D eigenvalue weighted by atomic mass is 79.9. The molecule has 1 aliphatic heterocycles. The van der Waals surface area contributed by atoms with Gasteiger partial charge in [-0.15, -0.1) is 0 Å². The molecule has 0 aromatic heterocycles. The van der Waals surface area contributed by atoms with Crippen LogP contribution in [0, 0.1) is 0 Å². The van der Waals surface area contributed by atoms with Gasteiger partial charge in [-0.05, 0) is 38.5 Å². The summed E-state index contributed by atoms with van der Waals surface area (Å²) in [4.78, 5) is 25.1. The van der Waals surface area contributed by atoms with Gasteiger partial charge >= 0.3 is 12.1 Å². The van der Waals surface area contributed by atoms with Gasteiger partial charge in [0.15, 0.2) is 0 Å². The van der Waals surface area contributed by atoms with Crippen molar-refractivity contribution >= 4 is 38.0 Å². The van der Waals surface area contributed by atoms with Crippen LogP contribution in [0.5, 0.6) is 0 Å². The topological polar surface area (TPSA) is 104 Å². The molecule has 1 heterocycles. The average Bonchev–Trinajstić information content (AvgIpc) is 2.54. The lowest BCUT2D eigenvalue weighted by Gasteiger charge is -2.38. The number of ether oxygens (including phenoxy) is 1. The van der Waals surface area contributed by atoms with Crippen molar-refractivity contribution in [1.29, 1.82) is 0 Å². The third-order valence-corrected chi connectivity index (χ3v) is 6.27. The number of carboxylic acids is 1. The largest absolute Gasteiger partial charge is 0.480 e. The highest BCUT2D eigenvalue weighted by Crippen LogP contribution is 2.21. The molecule has 27 heavy (non-hydrogen) atoms. The Hall–Kier alpha value is -1.65. The molecule has 1 aromatic rings. The van der Waals surface area contributed by atoms with Crippen molar-refractivity contribution in [1.82, 2.24) is 9.21 Å². The number of halogens is 1. The summed E-state index contributed by atoms with van der Waals surface area (Å²) in [6.07, 6.45) is -0.654. The number of sulfonamides is 1. The van der Waals surface area contributed by atoms with E-state index >= 15 is 0 Å². The summed E-state index contributed by atoms with van der Waals surface area (Å²) in [6, 6.07) is 5.41. The van der Waals surface area contributed by atoms with Gasteiger partial charge in [0.25, 0.3) is 0 Å². The molecule has 2 rings (SSSR count). The molecule has 1 unspecified atom stereocenters. The van der Waals surface area contributed by atoms with Crippen LogP contribution in [0.1, 0.15) is 26.3 Å². The zero-order valence-corrected chi connectivity index (χ0v) is 17.8. The Balaban J connectivity index is 2.16. The summed E-state index contributed by atoms with van der Waals surface area (Å²) in [7, 11) is -3.87. The summed E-state index contributed by atoms with van der Waals surface area (Å²) < 4.78 is 32.6. The smallest absolute Gasteiger partial charge is 0.410 e. The molecule has 150 valence electrons. The van der Waals surface area contributed by atoms with Crippen LogP contribution in [-0.2, 0) is 25.3 Å². The number of carbonyl (C=O) groups is 2. The van der Waals surface area contributed by atoms with E-state index in [1.54, 1.807) is 45.0 Å². The predicted octanol–water partition coefficient (Wildman–Crippen LogP) is 2.28. The summed E-state index contributed by atoms with van der Waals surface area (Å²) in [5.41, 5.74) is -0.169. The molecule has 1 aromatic carbocycles. The summed E-state index contributed by atoms with van der Waals surface area (Å²) in [5, 5.41) is 9.52. The first-order valence-electron chi connectivity index (χ1n) is 8.34. The van der Waals surface area contributed by atoms with E-state index in [1.165, 1.54) is 4.90 Å². The van der Waals surface area contributed by atoms with E-state index in [1.807, 2.05) is 0 Å². The van der Waals surface area contributed by atoms with Crippen LogP contribution in [0.3, 0.4) is 0 Å². The molecule has 0 bridgehead atoms. The zero-order chi connectivity index (χ0) is 20.4. The van der Waals surface area contributed by atoms with Crippen LogP contribution < -0.4 is 0 Å². The van der Waals surface area contributed by atoms with E-state index in [2.05, 4.69) is 15.9 Å². The van der Waals surface area contributed by atoms with Crippen molar-refractivity contribution < 1.29 is 27.9 Å². The van der Waals surface area contributed by atoms with Crippen molar-refractivity contribution in [3.05, 3.63) is 34.3 Å². The second kappa shape index (κ2) is 8.15. The van der Waals surface area contributed by atoms with Gasteiger partial charge in [-0.25, -0.2) is 13.2 Å². The standard InChI is InChI=1S/C17H23BrN2O6S/c1-17(2,3)26-16(23)19-8-9-20(14(10-19)15(21)22)27(24,25)11-12-4-6-13(18)7-5-12/h4-7,14H,8-11H2,1-3H3,(H,21,22). The Morgan fingerprint density at radius 3 is 2.33 bits per heavy atom. The first kappa shape index (κ1) is 21.6. The number of carboxylic acid groups (broad SMARTS) is 1. The highest BCUT2D eigenvalue weighted by Gasteiger charge is 2.41. The normalized spacial score (nSPS) is 19.0. The molecule has 1 N–H and O–H groups in total. The maximum absolute atomic E-state index is 12.8. The second-order valence-electron chi connectivity index (χ2n) is 7.27. The molecule has 10 heteroatoms. The van der Waals surface area contributed by atoms with Crippen LogP contribution in [-0.4, -0.2) is 66.1 Å². The summed E-state index contributed by atoms with van der Waals surface area (Å²) in [6.45, 7) is 4.83. The van der Waals surface area contributed by atoms with Gasteiger partial charge in [0.2, 0.25) is 10.0 Å². The van der Waals surface area contributed by atoms with E-state index in [9.17, 15) is 23.1 Å². The minimum Gasteiger partial charge on any atom is -0.480 e. The van der Waals surface area contributed by atoms with Gasteiger partial charge in [-0.3, -0.25) is 4.79 Å². The van der Waals surface area contributed by atoms with Gasteiger partial charge in [0.05, 0.1) is 12.3 Å².